The van der Waals surface area contributed by atoms with Crippen LogP contribution >= 0.6 is 31.9 Å². The van der Waals surface area contributed by atoms with Crippen LogP contribution in [-0.2, 0) is 5.41 Å². The molecule has 1 aliphatic heterocycles. The topological polar surface area (TPSA) is 0 Å². The molecule has 0 bridgehead atoms. The summed E-state index contributed by atoms with van der Waals surface area (Å²) in [6, 6.07) is 18.3. The van der Waals surface area contributed by atoms with Gasteiger partial charge in [0.25, 0.3) is 0 Å². The molecule has 3 rings (SSSR count). The Bertz CT molecular complexity index is 599. The second-order valence-corrected chi connectivity index (χ2v) is 16.6. The van der Waals surface area contributed by atoms with E-state index < -0.39 is 0 Å². The number of benzene rings is 2. The zero-order valence-electron chi connectivity index (χ0n) is 12.9. The minimum absolute atomic E-state index is 0.0366. The van der Waals surface area contributed by atoms with Crippen LogP contribution in [0.4, 0.5) is 0 Å². The van der Waals surface area contributed by atoms with Crippen LogP contribution in [0.3, 0.4) is 0 Å². The molecule has 0 aliphatic carbocycles. The van der Waals surface area contributed by atoms with E-state index in [1.807, 2.05) is 0 Å². The minimum atomic E-state index is -0.153. The molecule has 1 fully saturated rings. The van der Waals surface area contributed by atoms with Gasteiger partial charge in [-0.1, -0.05) is 0 Å². The average molecular weight is 536 g/mol. The van der Waals surface area contributed by atoms with Crippen molar-refractivity contribution in [3.05, 3.63) is 70.8 Å². The molecule has 0 spiro atoms. The summed E-state index contributed by atoms with van der Waals surface area (Å²) in [7, 11) is 0. The first-order valence-corrected chi connectivity index (χ1v) is 12.0. The summed E-state index contributed by atoms with van der Waals surface area (Å²) in [6.45, 7) is 4.32. The summed E-state index contributed by atoms with van der Waals surface area (Å²) >= 11 is 8.05. The van der Waals surface area contributed by atoms with Crippen LogP contribution in [0, 0.1) is 13.8 Å². The number of hydrogen-bond acceptors (Lipinski definition) is 0. The summed E-state index contributed by atoms with van der Waals surface area (Å²) in [5.74, 6) is 0. The van der Waals surface area contributed by atoms with Crippen molar-refractivity contribution in [2.75, 3.05) is 0 Å². The van der Waals surface area contributed by atoms with Crippen molar-refractivity contribution in [3.63, 3.8) is 0 Å². The number of hydrogen-bond donors (Lipinski definition) is 0. The maximum atomic E-state index is 4.10. The zero-order chi connectivity index (χ0) is 15.8. The molecule has 0 amide bonds. The van der Waals surface area contributed by atoms with E-state index in [4.69, 9.17) is 0 Å². The Kier molecular flexibility index (Phi) is 5.10. The van der Waals surface area contributed by atoms with Crippen LogP contribution in [0.15, 0.2) is 48.5 Å². The van der Waals surface area contributed by atoms with Gasteiger partial charge in [0.15, 0.2) is 0 Å². The van der Waals surface area contributed by atoms with Gasteiger partial charge in [0.2, 0.25) is 0 Å². The molecule has 1 heterocycles. The number of aryl methyl sites for hydroxylation is 2. The first kappa shape index (κ1) is 17.0. The summed E-state index contributed by atoms with van der Waals surface area (Å²) in [6.07, 6.45) is 2.52. The predicted molar refractivity (Wildman–Crippen MR) is 104 cm³/mol. The molecule has 3 heteroatoms. The van der Waals surface area contributed by atoms with E-state index in [9.17, 15) is 0 Å². The fraction of sp³-hybridized carbons (Fsp3) is 0.368. The van der Waals surface area contributed by atoms with Crippen molar-refractivity contribution < 1.29 is 0 Å². The van der Waals surface area contributed by atoms with Crippen molar-refractivity contribution in [2.45, 2.75) is 37.9 Å². The van der Waals surface area contributed by atoms with E-state index in [2.05, 4.69) is 94.2 Å². The summed E-state index contributed by atoms with van der Waals surface area (Å²) < 4.78 is 1.43. The third kappa shape index (κ3) is 2.95. The Morgan fingerprint density at radius 3 is 1.68 bits per heavy atom. The number of rotatable bonds is 2. The van der Waals surface area contributed by atoms with E-state index in [1.54, 1.807) is 0 Å². The Morgan fingerprint density at radius 1 is 0.818 bits per heavy atom. The fourth-order valence-corrected chi connectivity index (χ4v) is 9.98. The number of alkyl halides is 2. The third-order valence-corrected chi connectivity index (χ3v) is 12.4. The van der Waals surface area contributed by atoms with Crippen molar-refractivity contribution in [3.8, 4) is 0 Å². The van der Waals surface area contributed by atoms with Crippen LogP contribution in [0.5, 0.6) is 0 Å². The quantitative estimate of drug-likeness (QED) is 0.329. The standard InChI is InChI=1S/C19H20Br2Te/c1-14-4-8-16(9-5-14)18(12-3-13-22-19(18,20)21)17-10-6-15(2)7-11-17/h4-11H,3,12-13H2,1-2H3. The molecular formula is C19H20Br2Te. The van der Waals surface area contributed by atoms with Crippen molar-refractivity contribution in [2.24, 2.45) is 0 Å². The normalized spacial score (nSPS) is 19.8. The maximum absolute atomic E-state index is 4.10. The van der Waals surface area contributed by atoms with Gasteiger partial charge >= 0.3 is 161 Å². The first-order valence-electron chi connectivity index (χ1n) is 7.62. The molecule has 2 aromatic rings. The summed E-state index contributed by atoms with van der Waals surface area (Å²) in [4.78, 5) is 0. The Morgan fingerprint density at radius 2 is 1.27 bits per heavy atom. The molecule has 1 saturated heterocycles. The Labute approximate surface area is 160 Å². The van der Waals surface area contributed by atoms with Crippen molar-refractivity contribution in [1.82, 2.24) is 0 Å². The molecule has 0 radical (unpaired) electrons. The molecule has 0 atom stereocenters. The van der Waals surface area contributed by atoms with E-state index >= 15 is 0 Å². The van der Waals surface area contributed by atoms with Crippen LogP contribution < -0.4 is 0 Å². The van der Waals surface area contributed by atoms with Gasteiger partial charge in [-0.2, -0.15) is 0 Å². The first-order chi connectivity index (χ1) is 10.5. The molecule has 0 unspecified atom stereocenters. The molecule has 116 valence electrons. The van der Waals surface area contributed by atoms with Crippen LogP contribution in [0.2, 0.25) is 4.47 Å². The zero-order valence-corrected chi connectivity index (χ0v) is 18.4. The van der Waals surface area contributed by atoms with E-state index in [-0.39, 0.29) is 27.6 Å². The Balaban J connectivity index is 2.21. The van der Waals surface area contributed by atoms with E-state index in [0.717, 1.165) is 0 Å². The van der Waals surface area contributed by atoms with Crippen molar-refractivity contribution >= 4 is 52.8 Å². The second kappa shape index (κ2) is 6.59. The van der Waals surface area contributed by atoms with Gasteiger partial charge in [-0.05, 0) is 0 Å². The van der Waals surface area contributed by atoms with Crippen molar-refractivity contribution in [1.29, 1.82) is 0 Å². The van der Waals surface area contributed by atoms with Gasteiger partial charge < -0.3 is 0 Å². The SMILES string of the molecule is Cc1ccc(C2(c3ccc(C)cc3)CCC[Te]C2(Br)Br)cc1. The van der Waals surface area contributed by atoms with Gasteiger partial charge in [-0.15, -0.1) is 0 Å². The average Bonchev–Trinajstić information content (AvgIpc) is 2.49. The van der Waals surface area contributed by atoms with Gasteiger partial charge in [-0.25, -0.2) is 0 Å². The van der Waals surface area contributed by atoms with Crippen LogP contribution in [0.1, 0.15) is 35.1 Å². The van der Waals surface area contributed by atoms with Gasteiger partial charge in [0.1, 0.15) is 0 Å². The van der Waals surface area contributed by atoms with E-state index in [1.165, 1.54) is 39.6 Å². The Hall–Kier alpha value is 0.190. The molecule has 0 saturated carbocycles. The number of halogens is 2. The predicted octanol–water partition coefficient (Wildman–Crippen LogP) is 5.95. The van der Waals surface area contributed by atoms with Gasteiger partial charge in [0, 0.05) is 0 Å². The molecule has 1 aliphatic rings. The summed E-state index contributed by atoms with van der Waals surface area (Å²) in [5.41, 5.74) is 5.55. The molecule has 2 aromatic carbocycles. The second-order valence-electron chi connectivity index (χ2n) is 6.11. The third-order valence-electron chi connectivity index (χ3n) is 4.57. The van der Waals surface area contributed by atoms with Crippen LogP contribution in [-0.4, -0.2) is 22.2 Å². The van der Waals surface area contributed by atoms with E-state index in [0.29, 0.717) is 0 Å². The molecule has 22 heavy (non-hydrogen) atoms. The fourth-order valence-electron chi connectivity index (χ4n) is 3.27. The molecule has 0 N–H and O–H groups in total. The monoisotopic (exact) mass is 536 g/mol. The molecule has 0 aromatic heterocycles. The molecule has 0 nitrogen and oxygen atoms in total. The van der Waals surface area contributed by atoms with Gasteiger partial charge in [0.05, 0.1) is 0 Å². The summed E-state index contributed by atoms with van der Waals surface area (Å²) in [5, 5.41) is 0. The molecular weight excluding hydrogens is 516 g/mol. The van der Waals surface area contributed by atoms with Gasteiger partial charge in [-0.3, -0.25) is 0 Å². The van der Waals surface area contributed by atoms with Crippen LogP contribution in [0.25, 0.3) is 0 Å².